The molecule has 0 radical (unpaired) electrons. The van der Waals surface area contributed by atoms with E-state index >= 15 is 0 Å². The molecule has 3 nitrogen and oxygen atoms in total. The Morgan fingerprint density at radius 3 is 1.76 bits per heavy atom. The van der Waals surface area contributed by atoms with Crippen molar-refractivity contribution < 1.29 is 8.85 Å². The lowest BCUT2D eigenvalue weighted by molar-refractivity contribution is 0.166. The molecule has 1 unspecified atom stereocenters. The van der Waals surface area contributed by atoms with Crippen LogP contribution in [0, 0.1) is 0 Å². The second kappa shape index (κ2) is 7.63. The van der Waals surface area contributed by atoms with E-state index in [9.17, 15) is 0 Å². The predicted molar refractivity (Wildman–Crippen MR) is 103 cm³/mol. The fraction of sp³-hybridized carbons (Fsp3) is 1.00. The smallest absolute Gasteiger partial charge is 0.351 e. The molecule has 1 atom stereocenters. The van der Waals surface area contributed by atoms with Crippen molar-refractivity contribution >= 4 is 36.8 Å². The number of thioether (sulfide) groups is 1. The standard InChI is InChI=1S/C14H35NO2SSi3/c1-9-14(15(19(2,3)4)20(5,6)7)21(8)16-10-12-18-13-11-17-21/h14H,9-13H2,1-8H3. The molecule has 0 N–H and O–H groups in total. The molecule has 0 aromatic rings. The lowest BCUT2D eigenvalue weighted by atomic mass is 10.5. The van der Waals surface area contributed by atoms with Gasteiger partial charge in [-0.2, -0.15) is 11.8 Å². The van der Waals surface area contributed by atoms with E-state index in [0.717, 1.165) is 31.1 Å². The summed E-state index contributed by atoms with van der Waals surface area (Å²) in [5.41, 5.74) is 0.499. The fourth-order valence-electron chi connectivity index (χ4n) is 3.67. The Kier molecular flexibility index (Phi) is 7.24. The van der Waals surface area contributed by atoms with Crippen LogP contribution in [0.2, 0.25) is 45.8 Å². The van der Waals surface area contributed by atoms with Crippen LogP contribution >= 0.6 is 11.8 Å². The van der Waals surface area contributed by atoms with Crippen LogP contribution in [0.25, 0.3) is 0 Å². The predicted octanol–water partition coefficient (Wildman–Crippen LogP) is 4.13. The summed E-state index contributed by atoms with van der Waals surface area (Å²) < 4.78 is 15.7. The topological polar surface area (TPSA) is 21.7 Å². The summed E-state index contributed by atoms with van der Waals surface area (Å²) in [5.74, 6) is 2.23. The summed E-state index contributed by atoms with van der Waals surface area (Å²) in [6.45, 7) is 21.2. The fourth-order valence-corrected chi connectivity index (χ4v) is 21.3. The van der Waals surface area contributed by atoms with Gasteiger partial charge in [0.15, 0.2) is 0 Å². The molecule has 0 amide bonds. The zero-order valence-corrected chi connectivity index (χ0v) is 19.1. The van der Waals surface area contributed by atoms with Crippen molar-refractivity contribution in [2.75, 3.05) is 24.7 Å². The molecule has 1 rings (SSSR count). The van der Waals surface area contributed by atoms with Gasteiger partial charge in [0, 0.05) is 30.4 Å². The first-order valence-corrected chi connectivity index (χ1v) is 18.6. The van der Waals surface area contributed by atoms with Gasteiger partial charge in [0.25, 0.3) is 0 Å². The molecule has 0 aliphatic carbocycles. The van der Waals surface area contributed by atoms with E-state index in [1.54, 1.807) is 0 Å². The molecule has 0 bridgehead atoms. The molecule has 0 aromatic heterocycles. The molecule has 1 aliphatic heterocycles. The summed E-state index contributed by atoms with van der Waals surface area (Å²) in [6, 6.07) is 0. The van der Waals surface area contributed by atoms with E-state index in [-0.39, 0.29) is 0 Å². The molecule has 1 aliphatic rings. The van der Waals surface area contributed by atoms with Gasteiger partial charge in [0.1, 0.15) is 16.5 Å². The highest BCUT2D eigenvalue weighted by molar-refractivity contribution is 7.99. The maximum Gasteiger partial charge on any atom is 0.351 e. The molecule has 0 aromatic carbocycles. The van der Waals surface area contributed by atoms with Crippen molar-refractivity contribution in [1.82, 2.24) is 4.23 Å². The maximum atomic E-state index is 6.39. The van der Waals surface area contributed by atoms with Gasteiger partial charge >= 0.3 is 8.56 Å². The SMILES string of the molecule is CCC(N([Si](C)(C)C)[Si](C)(C)C)[Si]1(C)OCCSCCO1. The summed E-state index contributed by atoms with van der Waals surface area (Å²) in [4.78, 5) is 0. The van der Waals surface area contributed by atoms with Gasteiger partial charge < -0.3 is 13.1 Å². The average molecular weight is 366 g/mol. The van der Waals surface area contributed by atoms with Crippen molar-refractivity contribution in [2.24, 2.45) is 0 Å². The Morgan fingerprint density at radius 1 is 1.00 bits per heavy atom. The van der Waals surface area contributed by atoms with Crippen LogP contribution in [0.5, 0.6) is 0 Å². The lowest BCUT2D eigenvalue weighted by Crippen LogP contribution is -2.71. The third-order valence-electron chi connectivity index (χ3n) is 3.98. The van der Waals surface area contributed by atoms with E-state index < -0.39 is 25.0 Å². The molecule has 1 saturated heterocycles. The molecule has 0 spiro atoms. The Bertz CT molecular complexity index is 309. The molecular weight excluding hydrogens is 330 g/mol. The van der Waals surface area contributed by atoms with E-state index in [1.165, 1.54) is 0 Å². The van der Waals surface area contributed by atoms with E-state index in [1.807, 2.05) is 11.8 Å². The number of hydrogen-bond donors (Lipinski definition) is 0. The van der Waals surface area contributed by atoms with Crippen LogP contribution in [0.15, 0.2) is 0 Å². The highest BCUT2D eigenvalue weighted by Crippen LogP contribution is 2.31. The van der Waals surface area contributed by atoms with Gasteiger partial charge in [-0.05, 0) is 13.0 Å². The highest BCUT2D eigenvalue weighted by Gasteiger charge is 2.50. The minimum atomic E-state index is -2.15. The van der Waals surface area contributed by atoms with Crippen LogP contribution in [-0.2, 0) is 8.85 Å². The molecule has 126 valence electrons. The summed E-state index contributed by atoms with van der Waals surface area (Å²) in [5, 5.41) is 0. The first-order valence-electron chi connectivity index (χ1n) is 8.17. The summed E-state index contributed by atoms with van der Waals surface area (Å²) in [6.07, 6.45) is 1.14. The Balaban J connectivity index is 3.11. The van der Waals surface area contributed by atoms with Crippen molar-refractivity contribution in [3.8, 4) is 0 Å². The second-order valence-electron chi connectivity index (χ2n) is 7.96. The van der Waals surface area contributed by atoms with Gasteiger partial charge in [-0.25, -0.2) is 0 Å². The van der Waals surface area contributed by atoms with Crippen LogP contribution in [0.1, 0.15) is 13.3 Å². The minimum Gasteiger partial charge on any atom is -0.393 e. The molecular formula is C14H35NO2SSi3. The van der Waals surface area contributed by atoms with Crippen LogP contribution in [0.4, 0.5) is 0 Å². The Morgan fingerprint density at radius 2 is 1.43 bits per heavy atom. The quantitative estimate of drug-likeness (QED) is 0.683. The largest absolute Gasteiger partial charge is 0.393 e. The minimum absolute atomic E-state index is 0.499. The van der Waals surface area contributed by atoms with Crippen LogP contribution < -0.4 is 0 Å². The first kappa shape index (κ1) is 19.9. The number of rotatable bonds is 5. The van der Waals surface area contributed by atoms with Gasteiger partial charge in [0.2, 0.25) is 0 Å². The maximum absolute atomic E-state index is 6.39. The van der Waals surface area contributed by atoms with E-state index in [0.29, 0.717) is 5.67 Å². The third-order valence-corrected chi connectivity index (χ3v) is 16.4. The molecule has 21 heavy (non-hydrogen) atoms. The third kappa shape index (κ3) is 5.47. The van der Waals surface area contributed by atoms with Gasteiger partial charge in [0.05, 0.1) is 0 Å². The molecule has 0 saturated carbocycles. The molecule has 1 fully saturated rings. The van der Waals surface area contributed by atoms with Crippen LogP contribution in [-0.4, -0.2) is 59.6 Å². The van der Waals surface area contributed by atoms with Crippen molar-refractivity contribution in [3.63, 3.8) is 0 Å². The molecule has 1 heterocycles. The second-order valence-corrected chi connectivity index (χ2v) is 22.6. The molecule has 7 heteroatoms. The van der Waals surface area contributed by atoms with Crippen LogP contribution in [0.3, 0.4) is 0 Å². The summed E-state index contributed by atoms with van der Waals surface area (Å²) >= 11 is 1.94. The Hall–Kier alpha value is 0.881. The monoisotopic (exact) mass is 365 g/mol. The normalized spacial score (nSPS) is 22.7. The number of hydrogen-bond acceptors (Lipinski definition) is 4. The van der Waals surface area contributed by atoms with E-state index in [4.69, 9.17) is 8.85 Å². The van der Waals surface area contributed by atoms with Gasteiger partial charge in [-0.1, -0.05) is 46.2 Å². The number of nitrogens with zero attached hydrogens (tertiary/aromatic N) is 1. The Labute approximate surface area is 139 Å². The van der Waals surface area contributed by atoms with Gasteiger partial charge in [-0.3, -0.25) is 0 Å². The van der Waals surface area contributed by atoms with Gasteiger partial charge in [-0.15, -0.1) is 0 Å². The average Bonchev–Trinajstić information content (AvgIpc) is 2.27. The summed E-state index contributed by atoms with van der Waals surface area (Å²) in [7, 11) is -4.95. The van der Waals surface area contributed by atoms with Crippen molar-refractivity contribution in [1.29, 1.82) is 0 Å². The van der Waals surface area contributed by atoms with E-state index in [2.05, 4.69) is 57.0 Å². The van der Waals surface area contributed by atoms with Crippen molar-refractivity contribution in [2.45, 2.75) is 64.8 Å². The first-order chi connectivity index (χ1) is 9.52. The highest BCUT2D eigenvalue weighted by atomic mass is 32.2. The lowest BCUT2D eigenvalue weighted by Gasteiger charge is -2.52. The zero-order valence-electron chi connectivity index (χ0n) is 15.3. The zero-order chi connectivity index (χ0) is 16.3. The van der Waals surface area contributed by atoms with Crippen molar-refractivity contribution in [3.05, 3.63) is 0 Å².